The number of nitrogens with zero attached hydrogens (tertiary/aromatic N) is 1. The van der Waals surface area contributed by atoms with Gasteiger partial charge in [0.2, 0.25) is 5.91 Å². The lowest BCUT2D eigenvalue weighted by Crippen LogP contribution is -2.44. The van der Waals surface area contributed by atoms with Gasteiger partial charge >= 0.3 is 0 Å². The van der Waals surface area contributed by atoms with Crippen LogP contribution in [0.1, 0.15) is 39.5 Å². The van der Waals surface area contributed by atoms with E-state index in [1.165, 1.54) is 25.7 Å². The summed E-state index contributed by atoms with van der Waals surface area (Å²) in [5.41, 5.74) is 0. The highest BCUT2D eigenvalue weighted by atomic mass is 16.2. The number of carbonyl (C=O) groups is 1. The number of hydrogen-bond acceptors (Lipinski definition) is 2. The van der Waals surface area contributed by atoms with Crippen LogP contribution in [0, 0.1) is 23.7 Å². The maximum atomic E-state index is 11.9. The van der Waals surface area contributed by atoms with Crippen molar-refractivity contribution < 1.29 is 4.79 Å². The van der Waals surface area contributed by atoms with E-state index in [4.69, 9.17) is 0 Å². The van der Waals surface area contributed by atoms with Crippen LogP contribution in [0.15, 0.2) is 0 Å². The van der Waals surface area contributed by atoms with Gasteiger partial charge in [0, 0.05) is 6.54 Å². The van der Waals surface area contributed by atoms with Crippen molar-refractivity contribution in [2.45, 2.75) is 45.7 Å². The molecule has 3 fully saturated rings. The number of nitrogens with one attached hydrogen (secondary N) is 1. The SMILES string of the molecule is CC(C)C1NCC(=O)N1CC1CC2CCC1C2. The van der Waals surface area contributed by atoms with Crippen molar-refractivity contribution in [1.82, 2.24) is 10.2 Å². The molecule has 17 heavy (non-hydrogen) atoms. The van der Waals surface area contributed by atoms with Gasteiger partial charge in [-0.3, -0.25) is 10.1 Å². The average molecular weight is 236 g/mol. The number of fused-ring (bicyclic) bond motifs is 2. The van der Waals surface area contributed by atoms with Crippen molar-refractivity contribution in [1.29, 1.82) is 0 Å². The second-order valence-electron chi connectivity index (χ2n) is 6.55. The van der Waals surface area contributed by atoms with Crippen LogP contribution in [0.5, 0.6) is 0 Å². The Hall–Kier alpha value is -0.570. The largest absolute Gasteiger partial charge is 0.326 e. The molecule has 2 aliphatic carbocycles. The first-order valence-corrected chi connectivity index (χ1v) is 7.18. The van der Waals surface area contributed by atoms with Gasteiger partial charge in [-0.25, -0.2) is 0 Å². The molecule has 0 aromatic heterocycles. The van der Waals surface area contributed by atoms with Gasteiger partial charge in [-0.1, -0.05) is 20.3 Å². The molecule has 3 rings (SSSR count). The van der Waals surface area contributed by atoms with E-state index in [-0.39, 0.29) is 6.17 Å². The van der Waals surface area contributed by atoms with E-state index in [1.807, 2.05) is 0 Å². The van der Waals surface area contributed by atoms with Gasteiger partial charge in [0.15, 0.2) is 0 Å². The molecule has 1 saturated heterocycles. The zero-order chi connectivity index (χ0) is 12.0. The molecule has 0 aromatic rings. The Morgan fingerprint density at radius 1 is 1.35 bits per heavy atom. The molecule has 3 nitrogen and oxygen atoms in total. The van der Waals surface area contributed by atoms with Crippen LogP contribution in [0.2, 0.25) is 0 Å². The van der Waals surface area contributed by atoms with Crippen molar-refractivity contribution in [2.75, 3.05) is 13.1 Å². The van der Waals surface area contributed by atoms with Crippen molar-refractivity contribution >= 4 is 5.91 Å². The normalized spacial score (nSPS) is 40.9. The lowest BCUT2D eigenvalue weighted by atomic mass is 9.88. The number of rotatable bonds is 3. The predicted molar refractivity (Wildman–Crippen MR) is 67.3 cm³/mol. The molecule has 3 heteroatoms. The van der Waals surface area contributed by atoms with E-state index in [1.54, 1.807) is 0 Å². The third-order valence-electron chi connectivity index (χ3n) is 5.07. The molecule has 4 unspecified atom stereocenters. The summed E-state index contributed by atoms with van der Waals surface area (Å²) in [6.07, 6.45) is 5.95. The van der Waals surface area contributed by atoms with Crippen LogP contribution in [-0.2, 0) is 4.79 Å². The highest BCUT2D eigenvalue weighted by Gasteiger charge is 2.42. The molecule has 3 aliphatic rings. The molecule has 2 bridgehead atoms. The highest BCUT2D eigenvalue weighted by Crippen LogP contribution is 2.48. The van der Waals surface area contributed by atoms with E-state index < -0.39 is 0 Å². The zero-order valence-electron chi connectivity index (χ0n) is 11.0. The molecule has 4 atom stereocenters. The fourth-order valence-electron chi connectivity index (χ4n) is 4.22. The first-order valence-electron chi connectivity index (χ1n) is 7.18. The molecular weight excluding hydrogens is 212 g/mol. The van der Waals surface area contributed by atoms with E-state index in [0.29, 0.717) is 18.4 Å². The third-order valence-corrected chi connectivity index (χ3v) is 5.07. The van der Waals surface area contributed by atoms with Gasteiger partial charge in [-0.15, -0.1) is 0 Å². The van der Waals surface area contributed by atoms with E-state index in [0.717, 1.165) is 24.3 Å². The monoisotopic (exact) mass is 236 g/mol. The summed E-state index contributed by atoms with van der Waals surface area (Å²) in [5.74, 6) is 3.51. The van der Waals surface area contributed by atoms with Gasteiger partial charge in [0.05, 0.1) is 12.7 Å². The molecule has 1 heterocycles. The van der Waals surface area contributed by atoms with Gasteiger partial charge in [-0.2, -0.15) is 0 Å². The summed E-state index contributed by atoms with van der Waals surface area (Å²) in [7, 11) is 0. The van der Waals surface area contributed by atoms with Gasteiger partial charge in [0.25, 0.3) is 0 Å². The van der Waals surface area contributed by atoms with E-state index >= 15 is 0 Å². The predicted octanol–water partition coefficient (Wildman–Crippen LogP) is 1.84. The van der Waals surface area contributed by atoms with Crippen molar-refractivity contribution in [2.24, 2.45) is 23.7 Å². The fourth-order valence-corrected chi connectivity index (χ4v) is 4.22. The summed E-state index contributed by atoms with van der Waals surface area (Å²) < 4.78 is 0. The summed E-state index contributed by atoms with van der Waals surface area (Å²) >= 11 is 0. The first kappa shape index (κ1) is 11.5. The second kappa shape index (κ2) is 4.27. The molecule has 0 aromatic carbocycles. The minimum atomic E-state index is 0.279. The van der Waals surface area contributed by atoms with Crippen LogP contribution >= 0.6 is 0 Å². The first-order chi connectivity index (χ1) is 8.15. The molecular formula is C14H24N2O. The summed E-state index contributed by atoms with van der Waals surface area (Å²) in [6, 6.07) is 0. The Labute approximate surface area is 104 Å². The number of hydrogen-bond donors (Lipinski definition) is 1. The molecule has 1 N–H and O–H groups in total. The minimum Gasteiger partial charge on any atom is -0.326 e. The van der Waals surface area contributed by atoms with Crippen LogP contribution < -0.4 is 5.32 Å². The summed E-state index contributed by atoms with van der Waals surface area (Å²) in [4.78, 5) is 14.1. The number of carbonyl (C=O) groups excluding carboxylic acids is 1. The highest BCUT2D eigenvalue weighted by molar-refractivity contribution is 5.80. The van der Waals surface area contributed by atoms with Crippen LogP contribution in [0.3, 0.4) is 0 Å². The van der Waals surface area contributed by atoms with E-state index in [2.05, 4.69) is 24.1 Å². The minimum absolute atomic E-state index is 0.279. The lowest BCUT2D eigenvalue weighted by molar-refractivity contribution is -0.129. The van der Waals surface area contributed by atoms with Crippen molar-refractivity contribution in [3.05, 3.63) is 0 Å². The Balaban J connectivity index is 1.65. The van der Waals surface area contributed by atoms with Gasteiger partial charge in [-0.05, 0) is 42.9 Å². The Kier molecular flexibility index (Phi) is 2.89. The Bertz CT molecular complexity index is 315. The maximum Gasteiger partial charge on any atom is 0.237 e. The molecule has 96 valence electrons. The third kappa shape index (κ3) is 1.99. The smallest absolute Gasteiger partial charge is 0.237 e. The second-order valence-corrected chi connectivity index (χ2v) is 6.55. The molecule has 0 spiro atoms. The molecule has 1 amide bonds. The van der Waals surface area contributed by atoms with E-state index in [9.17, 15) is 4.79 Å². The van der Waals surface area contributed by atoms with Crippen molar-refractivity contribution in [3.8, 4) is 0 Å². The maximum absolute atomic E-state index is 11.9. The zero-order valence-corrected chi connectivity index (χ0v) is 11.0. The van der Waals surface area contributed by atoms with Crippen molar-refractivity contribution in [3.63, 3.8) is 0 Å². The Morgan fingerprint density at radius 2 is 2.18 bits per heavy atom. The topological polar surface area (TPSA) is 32.3 Å². The van der Waals surface area contributed by atoms with Crippen LogP contribution in [-0.4, -0.2) is 30.1 Å². The quantitative estimate of drug-likeness (QED) is 0.811. The average Bonchev–Trinajstić information content (AvgIpc) is 2.95. The molecule has 2 saturated carbocycles. The Morgan fingerprint density at radius 3 is 2.76 bits per heavy atom. The fraction of sp³-hybridized carbons (Fsp3) is 0.929. The molecule has 1 aliphatic heterocycles. The standard InChI is InChI=1S/C14H24N2O/c1-9(2)14-15-7-13(17)16(14)8-12-6-10-3-4-11(12)5-10/h9-12,14-15H,3-8H2,1-2H3. The van der Waals surface area contributed by atoms with Gasteiger partial charge in [0.1, 0.15) is 0 Å². The van der Waals surface area contributed by atoms with Gasteiger partial charge < -0.3 is 4.90 Å². The summed E-state index contributed by atoms with van der Waals surface area (Å²) in [5, 5.41) is 3.35. The summed E-state index contributed by atoms with van der Waals surface area (Å²) in [6.45, 7) is 5.95. The van der Waals surface area contributed by atoms with Crippen LogP contribution in [0.25, 0.3) is 0 Å². The number of amides is 1. The lowest BCUT2D eigenvalue weighted by Gasteiger charge is -2.32. The molecule has 0 radical (unpaired) electrons. The van der Waals surface area contributed by atoms with Crippen LogP contribution in [0.4, 0.5) is 0 Å².